The molecule has 2 aromatic rings. The maximum absolute atomic E-state index is 12.7. The highest BCUT2D eigenvalue weighted by molar-refractivity contribution is 9.10. The maximum Gasteiger partial charge on any atom is 0.295 e. The van der Waals surface area contributed by atoms with Crippen LogP contribution in [0.25, 0.3) is 0 Å². The number of benzene rings is 2. The van der Waals surface area contributed by atoms with Crippen LogP contribution in [0.5, 0.6) is 5.75 Å². The molecule has 1 aliphatic rings. The second-order valence-corrected chi connectivity index (χ2v) is 8.88. The van der Waals surface area contributed by atoms with E-state index in [2.05, 4.69) is 26.5 Å². The van der Waals surface area contributed by atoms with Gasteiger partial charge >= 0.3 is 0 Å². The highest BCUT2D eigenvalue weighted by atomic mass is 79.9. The van der Waals surface area contributed by atoms with Crippen molar-refractivity contribution in [3.63, 3.8) is 0 Å². The molecule has 0 amide bonds. The van der Waals surface area contributed by atoms with E-state index in [1.54, 1.807) is 12.1 Å². The average Bonchev–Trinajstić information content (AvgIpc) is 2.71. The van der Waals surface area contributed by atoms with Gasteiger partial charge in [0.1, 0.15) is 11.4 Å². The predicted octanol–water partition coefficient (Wildman–Crippen LogP) is 2.53. The van der Waals surface area contributed by atoms with Gasteiger partial charge in [0.25, 0.3) is 5.69 Å². The fourth-order valence-electron chi connectivity index (χ4n) is 2.65. The summed E-state index contributed by atoms with van der Waals surface area (Å²) in [6.07, 6.45) is 1.29. The summed E-state index contributed by atoms with van der Waals surface area (Å²) >= 11 is 3.27. The SMILES string of the molecule is O=[N+]([O-])c1cc(S(=O)(=O)N2CCOCC2)ccc1N/N=C\c1cc(Br)ccc1O. The highest BCUT2D eigenvalue weighted by Crippen LogP contribution is 2.29. The normalized spacial score (nSPS) is 15.5. The monoisotopic (exact) mass is 484 g/mol. The molecule has 1 fully saturated rings. The minimum Gasteiger partial charge on any atom is -0.507 e. The molecule has 0 atom stereocenters. The van der Waals surface area contributed by atoms with E-state index < -0.39 is 20.6 Å². The zero-order valence-electron chi connectivity index (χ0n) is 15.0. The summed E-state index contributed by atoms with van der Waals surface area (Å²) in [6.45, 7) is 0.934. The smallest absolute Gasteiger partial charge is 0.295 e. The molecule has 1 saturated heterocycles. The number of halogens is 1. The Hall–Kier alpha value is -2.54. The first-order valence-electron chi connectivity index (χ1n) is 8.43. The fraction of sp³-hybridized carbons (Fsp3) is 0.235. The van der Waals surface area contributed by atoms with Crippen molar-refractivity contribution in [1.29, 1.82) is 0 Å². The molecule has 10 nitrogen and oxygen atoms in total. The third-order valence-corrected chi connectivity index (χ3v) is 6.54. The number of sulfonamides is 1. The van der Waals surface area contributed by atoms with Crippen LogP contribution in [0.15, 0.2) is 50.9 Å². The van der Waals surface area contributed by atoms with E-state index in [0.717, 1.165) is 10.5 Å². The van der Waals surface area contributed by atoms with E-state index in [0.29, 0.717) is 5.56 Å². The third kappa shape index (κ3) is 4.90. The molecule has 3 rings (SSSR count). The standard InChI is InChI=1S/C17H17BrN4O6S/c18-13-1-4-17(23)12(9-13)11-19-20-15-3-2-14(10-16(15)22(24)25)29(26,27)21-5-7-28-8-6-21/h1-4,9-11,20,23H,5-8H2/b19-11-. The summed E-state index contributed by atoms with van der Waals surface area (Å²) in [5, 5.41) is 25.1. The molecule has 0 saturated carbocycles. The van der Waals surface area contributed by atoms with Gasteiger partial charge in [0.2, 0.25) is 10.0 Å². The van der Waals surface area contributed by atoms with Crippen molar-refractivity contribution in [3.05, 3.63) is 56.5 Å². The number of ether oxygens (including phenoxy) is 1. The van der Waals surface area contributed by atoms with Crippen LogP contribution in [0.1, 0.15) is 5.56 Å². The molecule has 1 heterocycles. The number of aromatic hydroxyl groups is 1. The molecular weight excluding hydrogens is 468 g/mol. The predicted molar refractivity (Wildman–Crippen MR) is 110 cm³/mol. The molecule has 154 valence electrons. The summed E-state index contributed by atoms with van der Waals surface area (Å²) in [5.74, 6) is -0.0137. The Labute approximate surface area is 175 Å². The second-order valence-electron chi connectivity index (χ2n) is 6.03. The lowest BCUT2D eigenvalue weighted by atomic mass is 10.2. The quantitative estimate of drug-likeness (QED) is 0.365. The average molecular weight is 485 g/mol. The number of nitro benzene ring substituents is 1. The summed E-state index contributed by atoms with van der Waals surface area (Å²) in [6, 6.07) is 8.31. The first-order chi connectivity index (χ1) is 13.8. The Morgan fingerprint density at radius 2 is 1.97 bits per heavy atom. The molecule has 1 aliphatic heterocycles. The van der Waals surface area contributed by atoms with E-state index in [9.17, 15) is 23.6 Å². The van der Waals surface area contributed by atoms with Crippen LogP contribution < -0.4 is 5.43 Å². The molecule has 12 heteroatoms. The zero-order valence-corrected chi connectivity index (χ0v) is 17.4. The molecule has 0 bridgehead atoms. The van der Waals surface area contributed by atoms with Crippen LogP contribution in [-0.2, 0) is 14.8 Å². The van der Waals surface area contributed by atoms with Crippen LogP contribution in [0, 0.1) is 10.1 Å². The van der Waals surface area contributed by atoms with Crippen molar-refractivity contribution in [2.45, 2.75) is 4.90 Å². The lowest BCUT2D eigenvalue weighted by Gasteiger charge is -2.26. The van der Waals surface area contributed by atoms with Crippen LogP contribution in [0.2, 0.25) is 0 Å². The first kappa shape index (κ1) is 21.2. The van der Waals surface area contributed by atoms with Crippen LogP contribution >= 0.6 is 15.9 Å². The molecule has 0 unspecified atom stereocenters. The van der Waals surface area contributed by atoms with E-state index in [1.165, 1.54) is 28.7 Å². The Morgan fingerprint density at radius 1 is 1.24 bits per heavy atom. The van der Waals surface area contributed by atoms with Gasteiger partial charge in [-0.15, -0.1) is 0 Å². The van der Waals surface area contributed by atoms with E-state index in [1.807, 2.05) is 0 Å². The number of nitro groups is 1. The number of nitrogens with zero attached hydrogens (tertiary/aromatic N) is 3. The van der Waals surface area contributed by atoms with E-state index in [4.69, 9.17) is 4.74 Å². The van der Waals surface area contributed by atoms with E-state index >= 15 is 0 Å². The number of morpholine rings is 1. The molecular formula is C17H17BrN4O6S. The number of hydrogen-bond donors (Lipinski definition) is 2. The van der Waals surface area contributed by atoms with Crippen LogP contribution in [-0.4, -0.2) is 55.3 Å². The zero-order chi connectivity index (χ0) is 21.0. The number of phenols is 1. The van der Waals surface area contributed by atoms with Gasteiger partial charge in [-0.2, -0.15) is 9.41 Å². The number of phenolic OH excluding ortho intramolecular Hbond substituents is 1. The van der Waals surface area contributed by atoms with Crippen LogP contribution in [0.4, 0.5) is 11.4 Å². The summed E-state index contributed by atoms with van der Waals surface area (Å²) < 4.78 is 32.5. The van der Waals surface area contributed by atoms with Gasteiger partial charge in [-0.1, -0.05) is 15.9 Å². The van der Waals surface area contributed by atoms with Crippen LogP contribution in [0.3, 0.4) is 0 Å². The summed E-state index contributed by atoms with van der Waals surface area (Å²) in [4.78, 5) is 10.6. The number of hydrogen-bond acceptors (Lipinski definition) is 8. The molecule has 2 N–H and O–H groups in total. The number of anilines is 1. The molecule has 29 heavy (non-hydrogen) atoms. The largest absolute Gasteiger partial charge is 0.507 e. The van der Waals surface area contributed by atoms with Gasteiger partial charge in [-0.25, -0.2) is 8.42 Å². The third-order valence-electron chi connectivity index (χ3n) is 4.15. The van der Waals surface area contributed by atoms with Gasteiger partial charge in [0.15, 0.2) is 0 Å². The second kappa shape index (κ2) is 8.86. The number of hydrazone groups is 1. The van der Waals surface area contributed by atoms with Crippen molar-refractivity contribution in [3.8, 4) is 5.75 Å². The van der Waals surface area contributed by atoms with Gasteiger partial charge in [-0.3, -0.25) is 15.5 Å². The first-order valence-corrected chi connectivity index (χ1v) is 10.7. The Bertz CT molecular complexity index is 1050. The Balaban J connectivity index is 1.85. The summed E-state index contributed by atoms with van der Waals surface area (Å²) in [5.41, 5.74) is 2.49. The molecule has 0 radical (unpaired) electrons. The Kier molecular flexibility index (Phi) is 6.47. The summed E-state index contributed by atoms with van der Waals surface area (Å²) in [7, 11) is -3.86. The highest BCUT2D eigenvalue weighted by Gasteiger charge is 2.28. The van der Waals surface area contributed by atoms with Crippen molar-refractivity contribution >= 4 is 43.5 Å². The minimum absolute atomic E-state index is 0.0137. The number of nitrogens with one attached hydrogen (secondary N) is 1. The molecule has 2 aromatic carbocycles. The van der Waals surface area contributed by atoms with E-state index in [-0.39, 0.29) is 42.6 Å². The number of rotatable bonds is 6. The fourth-order valence-corrected chi connectivity index (χ4v) is 4.46. The topological polar surface area (TPSA) is 134 Å². The maximum atomic E-state index is 12.7. The lowest BCUT2D eigenvalue weighted by molar-refractivity contribution is -0.384. The minimum atomic E-state index is -3.86. The van der Waals surface area contributed by atoms with Gasteiger partial charge in [0.05, 0.1) is 29.2 Å². The van der Waals surface area contributed by atoms with Gasteiger partial charge < -0.3 is 9.84 Å². The lowest BCUT2D eigenvalue weighted by Crippen LogP contribution is -2.40. The van der Waals surface area contributed by atoms with Crippen molar-refractivity contribution < 1.29 is 23.2 Å². The van der Waals surface area contributed by atoms with Crippen molar-refractivity contribution in [1.82, 2.24) is 4.31 Å². The van der Waals surface area contributed by atoms with Crippen molar-refractivity contribution in [2.24, 2.45) is 5.10 Å². The molecule has 0 spiro atoms. The molecule has 0 aliphatic carbocycles. The molecule has 0 aromatic heterocycles. The Morgan fingerprint density at radius 3 is 2.66 bits per heavy atom. The van der Waals surface area contributed by atoms with Gasteiger partial charge in [0, 0.05) is 29.2 Å². The van der Waals surface area contributed by atoms with Crippen molar-refractivity contribution in [2.75, 3.05) is 31.7 Å². The van der Waals surface area contributed by atoms with Gasteiger partial charge in [-0.05, 0) is 30.3 Å².